The van der Waals surface area contributed by atoms with E-state index in [1.165, 1.54) is 19.2 Å². The van der Waals surface area contributed by atoms with Crippen LogP contribution in [0.2, 0.25) is 0 Å². The molecular formula is C12H16N4O5. The highest BCUT2D eigenvalue weighted by atomic mass is 16.6. The van der Waals surface area contributed by atoms with E-state index >= 15 is 0 Å². The molecule has 0 aliphatic rings. The molecule has 1 rings (SSSR count). The second kappa shape index (κ2) is 7.80. The van der Waals surface area contributed by atoms with Crippen LogP contribution in [0.5, 0.6) is 0 Å². The molecule has 1 aromatic carbocycles. The minimum absolute atomic E-state index is 0.190. The summed E-state index contributed by atoms with van der Waals surface area (Å²) >= 11 is 0. The maximum absolute atomic E-state index is 11.9. The second-order valence-corrected chi connectivity index (χ2v) is 4.06. The van der Waals surface area contributed by atoms with Crippen LogP contribution >= 0.6 is 0 Å². The second-order valence-electron chi connectivity index (χ2n) is 4.06. The van der Waals surface area contributed by atoms with Crippen molar-refractivity contribution in [2.45, 2.75) is 0 Å². The van der Waals surface area contributed by atoms with Crippen molar-refractivity contribution in [2.24, 2.45) is 0 Å². The Labute approximate surface area is 120 Å². The standard InChI is InChI=1S/C12H16N4O5/c1-21-5-4-14-11(17)7-15-12(18)9-6-8(13)2-3-10(9)16(19)20/h2-3,6H,4-5,7,13H2,1H3,(H,14,17)(H,15,18). The van der Waals surface area contributed by atoms with Crippen LogP contribution < -0.4 is 16.4 Å². The first-order valence-corrected chi connectivity index (χ1v) is 6.03. The van der Waals surface area contributed by atoms with Crippen LogP contribution in [0.15, 0.2) is 18.2 Å². The zero-order chi connectivity index (χ0) is 15.8. The molecule has 4 N–H and O–H groups in total. The Bertz CT molecular complexity index is 546. The number of hydrogen-bond donors (Lipinski definition) is 3. The SMILES string of the molecule is COCCNC(=O)CNC(=O)c1cc(N)ccc1[N+](=O)[O-]. The molecule has 0 spiro atoms. The van der Waals surface area contributed by atoms with Crippen molar-refractivity contribution in [3.8, 4) is 0 Å². The highest BCUT2D eigenvalue weighted by Crippen LogP contribution is 2.20. The van der Waals surface area contributed by atoms with Crippen molar-refractivity contribution in [1.29, 1.82) is 0 Å². The first kappa shape index (κ1) is 16.4. The van der Waals surface area contributed by atoms with Gasteiger partial charge in [-0.2, -0.15) is 0 Å². The van der Waals surface area contributed by atoms with E-state index in [1.54, 1.807) is 0 Å². The number of methoxy groups -OCH3 is 1. The van der Waals surface area contributed by atoms with Crippen molar-refractivity contribution in [3.63, 3.8) is 0 Å². The van der Waals surface area contributed by atoms with E-state index < -0.39 is 16.7 Å². The number of nitrogens with two attached hydrogens (primary N) is 1. The number of anilines is 1. The number of carbonyl (C=O) groups is 2. The Morgan fingerprint density at radius 1 is 1.38 bits per heavy atom. The fourth-order valence-electron chi connectivity index (χ4n) is 1.51. The summed E-state index contributed by atoms with van der Waals surface area (Å²) in [6.07, 6.45) is 0. The number of nitrogen functional groups attached to an aromatic ring is 1. The number of benzene rings is 1. The van der Waals surface area contributed by atoms with Crippen molar-refractivity contribution in [3.05, 3.63) is 33.9 Å². The molecule has 0 saturated heterocycles. The summed E-state index contributed by atoms with van der Waals surface area (Å²) in [4.78, 5) is 33.4. The number of nitro groups is 1. The van der Waals surface area contributed by atoms with Gasteiger partial charge in [-0.05, 0) is 12.1 Å². The Morgan fingerprint density at radius 3 is 2.71 bits per heavy atom. The molecule has 0 radical (unpaired) electrons. The molecule has 0 aliphatic carbocycles. The zero-order valence-electron chi connectivity index (χ0n) is 11.4. The summed E-state index contributed by atoms with van der Waals surface area (Å²) in [6.45, 7) is 0.360. The Hall–Kier alpha value is -2.68. The van der Waals surface area contributed by atoms with Crippen LogP contribution in [0.25, 0.3) is 0 Å². The van der Waals surface area contributed by atoms with E-state index in [-0.39, 0.29) is 23.5 Å². The third kappa shape index (κ3) is 5.07. The van der Waals surface area contributed by atoms with Crippen molar-refractivity contribution in [2.75, 3.05) is 32.5 Å². The van der Waals surface area contributed by atoms with Crippen LogP contribution in [-0.4, -0.2) is 43.5 Å². The summed E-state index contributed by atoms with van der Waals surface area (Å²) in [5.74, 6) is -1.16. The smallest absolute Gasteiger partial charge is 0.282 e. The molecule has 0 aliphatic heterocycles. The van der Waals surface area contributed by atoms with Crippen LogP contribution in [0.1, 0.15) is 10.4 Å². The molecule has 9 nitrogen and oxygen atoms in total. The summed E-state index contributed by atoms with van der Waals surface area (Å²) < 4.78 is 4.75. The highest BCUT2D eigenvalue weighted by molar-refractivity contribution is 6.00. The van der Waals surface area contributed by atoms with E-state index in [2.05, 4.69) is 10.6 Å². The van der Waals surface area contributed by atoms with Crippen LogP contribution in [0, 0.1) is 10.1 Å². The van der Waals surface area contributed by atoms with Gasteiger partial charge in [-0.25, -0.2) is 0 Å². The van der Waals surface area contributed by atoms with Gasteiger partial charge in [-0.3, -0.25) is 19.7 Å². The Morgan fingerprint density at radius 2 is 2.10 bits per heavy atom. The summed E-state index contributed by atoms with van der Waals surface area (Å²) in [5.41, 5.74) is 5.16. The van der Waals surface area contributed by atoms with E-state index in [9.17, 15) is 19.7 Å². The van der Waals surface area contributed by atoms with Gasteiger partial charge in [-0.15, -0.1) is 0 Å². The number of hydrogen-bond acceptors (Lipinski definition) is 6. The molecule has 0 heterocycles. The number of nitro benzene ring substituents is 1. The van der Waals surface area contributed by atoms with E-state index in [4.69, 9.17) is 10.5 Å². The van der Waals surface area contributed by atoms with Crippen LogP contribution in [0.4, 0.5) is 11.4 Å². The van der Waals surface area contributed by atoms with Gasteiger partial charge in [0.15, 0.2) is 0 Å². The minimum Gasteiger partial charge on any atom is -0.399 e. The third-order valence-electron chi connectivity index (χ3n) is 2.50. The van der Waals surface area contributed by atoms with E-state index in [1.807, 2.05) is 0 Å². The number of amides is 2. The average molecular weight is 296 g/mol. The van der Waals surface area contributed by atoms with Gasteiger partial charge in [0.05, 0.1) is 18.1 Å². The lowest BCUT2D eigenvalue weighted by Gasteiger charge is -2.07. The summed E-state index contributed by atoms with van der Waals surface area (Å²) in [6, 6.07) is 3.66. The summed E-state index contributed by atoms with van der Waals surface area (Å²) in [5, 5.41) is 15.6. The molecule has 0 fully saturated rings. The topological polar surface area (TPSA) is 137 Å². The molecule has 0 bridgehead atoms. The Balaban J connectivity index is 2.65. The molecule has 0 saturated carbocycles. The number of ether oxygens (including phenoxy) is 1. The minimum atomic E-state index is -0.740. The van der Waals surface area contributed by atoms with Gasteiger partial charge in [0, 0.05) is 25.4 Å². The lowest BCUT2D eigenvalue weighted by molar-refractivity contribution is -0.385. The first-order valence-electron chi connectivity index (χ1n) is 6.03. The average Bonchev–Trinajstić information content (AvgIpc) is 2.44. The predicted molar refractivity (Wildman–Crippen MR) is 74.7 cm³/mol. The van der Waals surface area contributed by atoms with Crippen molar-refractivity contribution >= 4 is 23.2 Å². The number of nitrogens with one attached hydrogen (secondary N) is 2. The molecule has 0 aromatic heterocycles. The predicted octanol–water partition coefficient (Wildman–Crippen LogP) is -0.331. The molecule has 114 valence electrons. The lowest BCUT2D eigenvalue weighted by atomic mass is 10.1. The zero-order valence-corrected chi connectivity index (χ0v) is 11.4. The molecular weight excluding hydrogens is 280 g/mol. The van der Waals surface area contributed by atoms with Crippen LogP contribution in [-0.2, 0) is 9.53 Å². The normalized spacial score (nSPS) is 9.95. The van der Waals surface area contributed by atoms with Gasteiger partial charge < -0.3 is 21.1 Å². The van der Waals surface area contributed by atoms with Crippen molar-refractivity contribution in [1.82, 2.24) is 10.6 Å². The lowest BCUT2D eigenvalue weighted by Crippen LogP contribution is -2.38. The van der Waals surface area contributed by atoms with Gasteiger partial charge in [0.2, 0.25) is 5.91 Å². The first-order chi connectivity index (χ1) is 9.95. The molecule has 0 unspecified atom stereocenters. The maximum atomic E-state index is 11.9. The number of carbonyl (C=O) groups excluding carboxylic acids is 2. The van der Waals surface area contributed by atoms with E-state index in [0.717, 1.165) is 6.07 Å². The van der Waals surface area contributed by atoms with Gasteiger partial charge in [0.25, 0.3) is 11.6 Å². The van der Waals surface area contributed by atoms with Gasteiger partial charge >= 0.3 is 0 Å². The van der Waals surface area contributed by atoms with E-state index in [0.29, 0.717) is 13.2 Å². The maximum Gasteiger partial charge on any atom is 0.282 e. The molecule has 9 heteroatoms. The fourth-order valence-corrected chi connectivity index (χ4v) is 1.51. The molecule has 0 atom stereocenters. The monoisotopic (exact) mass is 296 g/mol. The molecule has 21 heavy (non-hydrogen) atoms. The van der Waals surface area contributed by atoms with Crippen molar-refractivity contribution < 1.29 is 19.2 Å². The quantitative estimate of drug-likeness (QED) is 0.273. The van der Waals surface area contributed by atoms with Crippen LogP contribution in [0.3, 0.4) is 0 Å². The Kier molecular flexibility index (Phi) is 6.08. The summed E-state index contributed by atoms with van der Waals surface area (Å²) in [7, 11) is 1.49. The molecule has 2 amide bonds. The van der Waals surface area contributed by atoms with Gasteiger partial charge in [-0.1, -0.05) is 0 Å². The molecule has 1 aromatic rings. The fraction of sp³-hybridized carbons (Fsp3) is 0.333. The number of nitrogens with zero attached hydrogens (tertiary/aromatic N) is 1. The largest absolute Gasteiger partial charge is 0.399 e. The highest BCUT2D eigenvalue weighted by Gasteiger charge is 2.20. The third-order valence-corrected chi connectivity index (χ3v) is 2.50. The van der Waals surface area contributed by atoms with Gasteiger partial charge in [0.1, 0.15) is 5.56 Å². The number of rotatable bonds is 7.